The van der Waals surface area contributed by atoms with E-state index in [1.165, 1.54) is 19.3 Å². The lowest BCUT2D eigenvalue weighted by atomic mass is 10.1. The van der Waals surface area contributed by atoms with E-state index in [1.807, 2.05) is 5.80 Å². The Labute approximate surface area is 82.0 Å². The number of nitrogens with two attached hydrogens (primary N) is 2. The second-order valence-electron chi connectivity index (χ2n) is 2.82. The fourth-order valence-corrected chi connectivity index (χ4v) is 1.16. The third-order valence-corrected chi connectivity index (χ3v) is 1.98. The van der Waals surface area contributed by atoms with Crippen molar-refractivity contribution in [3.05, 3.63) is 0 Å². The van der Waals surface area contributed by atoms with Crippen LogP contribution in [0.4, 0.5) is 0 Å². The minimum atomic E-state index is 0.313. The van der Waals surface area contributed by atoms with E-state index in [9.17, 15) is 0 Å². The molecule has 0 aromatic rings. The zero-order valence-corrected chi connectivity index (χ0v) is 8.92. The molecular weight excluding hydrogens is 183 g/mol. The maximum Gasteiger partial charge on any atom is 0.203 e. The van der Waals surface area contributed by atoms with Crippen LogP contribution in [0.5, 0.6) is 0 Å². The van der Waals surface area contributed by atoms with Crippen molar-refractivity contribution in [2.45, 2.75) is 32.1 Å². The second kappa shape index (κ2) is 9.49. The van der Waals surface area contributed by atoms with Crippen LogP contribution >= 0.6 is 8.86 Å². The van der Waals surface area contributed by atoms with Gasteiger partial charge in [-0.1, -0.05) is 18.6 Å². The molecule has 0 bridgehead atoms. The average molecular weight is 202 g/mol. The van der Waals surface area contributed by atoms with Crippen LogP contribution in [0.3, 0.4) is 0 Å². The molecule has 0 heterocycles. The molecule has 5 heteroatoms. The lowest BCUT2D eigenvalue weighted by molar-refractivity contribution is 0.662. The molecule has 0 amide bonds. The molecule has 76 valence electrons. The monoisotopic (exact) mass is 202 g/mol. The van der Waals surface area contributed by atoms with Gasteiger partial charge in [0.25, 0.3) is 0 Å². The minimum Gasteiger partial charge on any atom is -0.369 e. The quantitative estimate of drug-likeness (QED) is 0.142. The van der Waals surface area contributed by atoms with E-state index in [2.05, 4.69) is 19.3 Å². The Balaban J connectivity index is 3.12. The van der Waals surface area contributed by atoms with Gasteiger partial charge in [0, 0.05) is 6.54 Å². The molecule has 0 atom stereocenters. The normalized spacial score (nSPS) is 11.3. The number of hydrogen-bond acceptors (Lipinski definition) is 2. The Morgan fingerprint density at radius 2 is 2.00 bits per heavy atom. The predicted octanol–water partition coefficient (Wildman–Crippen LogP) is 0.660. The molecular formula is C8H19N4P. The first-order valence-electron chi connectivity index (χ1n) is 4.56. The van der Waals surface area contributed by atoms with Crippen molar-refractivity contribution in [1.82, 2.24) is 5.43 Å². The molecule has 0 aromatic carbocycles. The zero-order chi connectivity index (χ0) is 9.94. The average Bonchev–Trinajstić information content (AvgIpc) is 2.16. The molecule has 5 N–H and O–H groups in total. The van der Waals surface area contributed by atoms with Crippen LogP contribution in [0, 0.1) is 0 Å². The Hall–Kier alpha value is -0.600. The smallest absolute Gasteiger partial charge is 0.203 e. The molecule has 0 aliphatic carbocycles. The van der Waals surface area contributed by atoms with Gasteiger partial charge in [0.15, 0.2) is 0 Å². The fourth-order valence-electron chi connectivity index (χ4n) is 0.957. The third-order valence-electron chi connectivity index (χ3n) is 1.69. The summed E-state index contributed by atoms with van der Waals surface area (Å²) in [5.74, 6) is 7.36. The van der Waals surface area contributed by atoms with Gasteiger partial charge in [-0.15, -0.1) is 8.86 Å². The van der Waals surface area contributed by atoms with Crippen LogP contribution in [-0.4, -0.2) is 18.3 Å². The summed E-state index contributed by atoms with van der Waals surface area (Å²) in [6.07, 6.45) is 5.88. The van der Waals surface area contributed by atoms with Gasteiger partial charge in [0.1, 0.15) is 0 Å². The molecule has 0 fully saturated rings. The summed E-state index contributed by atoms with van der Waals surface area (Å²) in [7, 11) is 3.32. The lowest BCUT2D eigenvalue weighted by Crippen LogP contribution is -2.37. The van der Waals surface area contributed by atoms with Gasteiger partial charge in [-0.3, -0.25) is 10.4 Å². The van der Waals surface area contributed by atoms with E-state index in [0.29, 0.717) is 5.96 Å². The highest BCUT2D eigenvalue weighted by molar-refractivity contribution is 7.18. The van der Waals surface area contributed by atoms with Crippen LogP contribution in [0.25, 0.3) is 0 Å². The Bertz CT molecular complexity index is 158. The second-order valence-corrected chi connectivity index (χ2v) is 3.23. The number of nitrogens with one attached hydrogen (secondary N) is 1. The van der Waals surface area contributed by atoms with Gasteiger partial charge in [0.2, 0.25) is 5.96 Å². The number of hydrazine groups is 1. The molecule has 0 unspecified atom stereocenters. The predicted molar refractivity (Wildman–Crippen MR) is 61.3 cm³/mol. The maximum absolute atomic E-state index is 5.34. The molecule has 0 saturated carbocycles. The maximum atomic E-state index is 5.34. The lowest BCUT2D eigenvalue weighted by Gasteiger charge is -1.99. The van der Waals surface area contributed by atoms with Crippen LogP contribution in [0.15, 0.2) is 4.99 Å². The van der Waals surface area contributed by atoms with Gasteiger partial charge in [-0.2, -0.15) is 0 Å². The van der Waals surface area contributed by atoms with Crippen molar-refractivity contribution in [3.63, 3.8) is 0 Å². The molecule has 0 radical (unpaired) electrons. The van der Waals surface area contributed by atoms with Gasteiger partial charge < -0.3 is 5.73 Å². The van der Waals surface area contributed by atoms with Crippen LogP contribution < -0.4 is 17.0 Å². The minimum absolute atomic E-state index is 0.313. The Morgan fingerprint density at radius 3 is 2.62 bits per heavy atom. The van der Waals surface area contributed by atoms with Crippen molar-refractivity contribution in [2.75, 3.05) is 6.54 Å². The van der Waals surface area contributed by atoms with Gasteiger partial charge >= 0.3 is 0 Å². The highest BCUT2D eigenvalue weighted by Crippen LogP contribution is 2.01. The molecule has 0 aliphatic rings. The summed E-state index contributed by atoms with van der Waals surface area (Å²) < 4.78 is 0. The van der Waals surface area contributed by atoms with Crippen LogP contribution in [0.1, 0.15) is 32.1 Å². The molecule has 13 heavy (non-hydrogen) atoms. The molecule has 0 rings (SSSR count). The first-order chi connectivity index (χ1) is 6.31. The topological polar surface area (TPSA) is 76.4 Å². The van der Waals surface area contributed by atoms with E-state index in [-0.39, 0.29) is 0 Å². The third kappa shape index (κ3) is 9.31. The summed E-state index contributed by atoms with van der Waals surface area (Å²) in [5, 5.41) is 0. The number of hydrogen-bond donors (Lipinski definition) is 3. The fraction of sp³-hybridized carbons (Fsp3) is 0.750. The van der Waals surface area contributed by atoms with Crippen LogP contribution in [0.2, 0.25) is 0 Å². The van der Waals surface area contributed by atoms with Crippen molar-refractivity contribution >= 4 is 20.6 Å². The van der Waals surface area contributed by atoms with Crippen molar-refractivity contribution < 1.29 is 0 Å². The highest BCUT2D eigenvalue weighted by Gasteiger charge is 1.89. The molecule has 0 aromatic heterocycles. The van der Waals surface area contributed by atoms with Gasteiger partial charge in [-0.25, -0.2) is 5.84 Å². The number of nitrogens with zero attached hydrogens (tertiary/aromatic N) is 1. The molecule has 0 saturated heterocycles. The van der Waals surface area contributed by atoms with Gasteiger partial charge in [-0.05, 0) is 19.3 Å². The largest absolute Gasteiger partial charge is 0.369 e. The number of guanidine groups is 1. The van der Waals surface area contributed by atoms with E-state index < -0.39 is 0 Å². The summed E-state index contributed by atoms with van der Waals surface area (Å²) in [5.41, 5.74) is 7.63. The summed E-state index contributed by atoms with van der Waals surface area (Å²) in [6, 6.07) is 0. The Morgan fingerprint density at radius 1 is 1.31 bits per heavy atom. The van der Waals surface area contributed by atoms with Crippen molar-refractivity contribution in [2.24, 2.45) is 16.6 Å². The standard InChI is InChI=1S/C8H19N4P/c9-8(12-10)11-6-4-2-1-3-5-7-13/h7,13H,1-6,10H2,(H3,9,11,12). The van der Waals surface area contributed by atoms with Crippen molar-refractivity contribution in [3.8, 4) is 0 Å². The Kier molecular flexibility index (Phi) is 9.05. The van der Waals surface area contributed by atoms with Gasteiger partial charge in [0.05, 0.1) is 0 Å². The van der Waals surface area contributed by atoms with E-state index in [1.54, 1.807) is 0 Å². The highest BCUT2D eigenvalue weighted by atomic mass is 31.0. The summed E-state index contributed by atoms with van der Waals surface area (Å²) >= 11 is 0. The number of aliphatic imine (C=N–C) groups is 1. The van der Waals surface area contributed by atoms with E-state index in [4.69, 9.17) is 11.6 Å². The first kappa shape index (κ1) is 12.4. The van der Waals surface area contributed by atoms with Crippen molar-refractivity contribution in [1.29, 1.82) is 0 Å². The van der Waals surface area contributed by atoms with Crippen LogP contribution in [-0.2, 0) is 0 Å². The SMILES string of the molecule is NNC(N)=NCCCCCCC=P. The molecule has 0 aliphatic heterocycles. The summed E-state index contributed by atoms with van der Waals surface area (Å²) in [4.78, 5) is 4.00. The van der Waals surface area contributed by atoms with E-state index in [0.717, 1.165) is 19.4 Å². The first-order valence-corrected chi connectivity index (χ1v) is 5.14. The summed E-state index contributed by atoms with van der Waals surface area (Å²) in [6.45, 7) is 0.758. The zero-order valence-electron chi connectivity index (χ0n) is 7.92. The number of unbranched alkanes of at least 4 members (excludes halogenated alkanes) is 4. The molecule has 0 spiro atoms. The molecule has 4 nitrogen and oxygen atoms in total. The number of rotatable bonds is 7. The van der Waals surface area contributed by atoms with E-state index >= 15 is 0 Å².